The van der Waals surface area contributed by atoms with Crippen molar-refractivity contribution >= 4 is 29.6 Å². The zero-order valence-electron chi connectivity index (χ0n) is 8.03. The van der Waals surface area contributed by atoms with Crippen LogP contribution in [-0.2, 0) is 17.0 Å². The van der Waals surface area contributed by atoms with Gasteiger partial charge in [0.15, 0.2) is 0 Å². The summed E-state index contributed by atoms with van der Waals surface area (Å²) in [5, 5.41) is 0. The Morgan fingerprint density at radius 3 is 1.00 bits per heavy atom. The van der Waals surface area contributed by atoms with Gasteiger partial charge in [-0.3, -0.25) is 0 Å². The smallest absolute Gasteiger partial charge is 0.0125 e. The van der Waals surface area contributed by atoms with Crippen LogP contribution < -0.4 is 0 Å². The van der Waals surface area contributed by atoms with E-state index in [1.54, 1.807) is 0 Å². The minimum absolute atomic E-state index is 0. The molecule has 0 aliphatic heterocycles. The van der Waals surface area contributed by atoms with E-state index in [2.05, 4.69) is 0 Å². The van der Waals surface area contributed by atoms with Crippen LogP contribution in [0.25, 0.3) is 0 Å². The summed E-state index contributed by atoms with van der Waals surface area (Å²) in [5.41, 5.74) is 0. The summed E-state index contributed by atoms with van der Waals surface area (Å²) in [6.45, 7) is 0. The minimum atomic E-state index is -0.556. The molecule has 0 bridgehead atoms. The van der Waals surface area contributed by atoms with E-state index in [1.165, 1.54) is 0 Å². The first-order chi connectivity index (χ1) is 6.41. The molecule has 0 saturated heterocycles. The molecule has 0 amide bonds. The predicted molar refractivity (Wildman–Crippen MR) is 65.7 cm³/mol. The van der Waals surface area contributed by atoms with Gasteiger partial charge >= 0.3 is 35.6 Å². The average Bonchev–Trinajstić information content (AvgIpc) is 2.85. The SMILES string of the molecule is [Cl][Ti][Cl].[SiH3].c1cc[cH-]c1.c1cc[cH-]c1. The Morgan fingerprint density at radius 1 is 0.714 bits per heavy atom. The van der Waals surface area contributed by atoms with Crippen LogP contribution in [0.1, 0.15) is 0 Å². The average molecular weight is 280 g/mol. The molecule has 4 heteroatoms. The largest absolute Gasteiger partial charge is 0.214 e. The second-order valence-corrected chi connectivity index (χ2v) is 4.58. The Bertz CT molecular complexity index is 170. The van der Waals surface area contributed by atoms with Crippen molar-refractivity contribution in [3.8, 4) is 0 Å². The van der Waals surface area contributed by atoms with E-state index < -0.39 is 17.0 Å². The third kappa shape index (κ3) is 14.7. The summed E-state index contributed by atoms with van der Waals surface area (Å²) in [4.78, 5) is 0. The number of hydrogen-bond acceptors (Lipinski definition) is 0. The summed E-state index contributed by atoms with van der Waals surface area (Å²) in [7, 11) is 9.78. The molecular formula is C10H13Cl2SiTi-2. The first-order valence-electron chi connectivity index (χ1n) is 3.71. The standard InChI is InChI=1S/2C5H5.2ClH.H3Si.Ti/c2*1-2-4-5-3-1;;;;/h2*1-5H;2*1H;1H3;/q2*-1;;;;+2/p-2. The Balaban J connectivity index is 0. The van der Waals surface area contributed by atoms with Crippen LogP contribution in [0.2, 0.25) is 0 Å². The molecule has 0 fully saturated rings. The Hall–Kier alpha value is 0.211. The molecule has 2 rings (SSSR count). The van der Waals surface area contributed by atoms with Gasteiger partial charge in [0.1, 0.15) is 0 Å². The number of halogens is 2. The fraction of sp³-hybridized carbons (Fsp3) is 0. The van der Waals surface area contributed by atoms with Gasteiger partial charge in [-0.15, -0.1) is 0 Å². The minimum Gasteiger partial charge on any atom is -0.214 e. The van der Waals surface area contributed by atoms with Gasteiger partial charge in [-0.2, -0.15) is 36.4 Å². The molecule has 0 aliphatic carbocycles. The van der Waals surface area contributed by atoms with E-state index in [0.717, 1.165) is 0 Å². The van der Waals surface area contributed by atoms with Crippen LogP contribution in [0.5, 0.6) is 0 Å². The summed E-state index contributed by atoms with van der Waals surface area (Å²) < 4.78 is 0. The van der Waals surface area contributed by atoms with Crippen molar-refractivity contribution < 1.29 is 17.0 Å². The van der Waals surface area contributed by atoms with Gasteiger partial charge in [0.25, 0.3) is 0 Å². The van der Waals surface area contributed by atoms with Gasteiger partial charge in [-0.1, -0.05) is 0 Å². The van der Waals surface area contributed by atoms with Crippen LogP contribution in [0, 0.1) is 0 Å². The molecule has 2 aromatic carbocycles. The first kappa shape index (κ1) is 16.6. The van der Waals surface area contributed by atoms with Crippen LogP contribution >= 0.6 is 18.6 Å². The predicted octanol–water partition coefficient (Wildman–Crippen LogP) is 3.00. The summed E-state index contributed by atoms with van der Waals surface area (Å²) >= 11 is -0.556. The molecule has 2 aromatic rings. The molecule has 77 valence electrons. The van der Waals surface area contributed by atoms with Crippen molar-refractivity contribution in [3.05, 3.63) is 60.7 Å². The van der Waals surface area contributed by atoms with Gasteiger partial charge in [0.2, 0.25) is 0 Å². The number of rotatable bonds is 0. The zero-order valence-corrected chi connectivity index (χ0v) is 13.1. The Kier molecular flexibility index (Phi) is 18.6. The van der Waals surface area contributed by atoms with Crippen molar-refractivity contribution in [2.45, 2.75) is 0 Å². The van der Waals surface area contributed by atoms with Gasteiger partial charge in [0.05, 0.1) is 0 Å². The molecule has 0 aliphatic rings. The zero-order chi connectivity index (χ0) is 9.78. The fourth-order valence-electron chi connectivity index (χ4n) is 0.642. The van der Waals surface area contributed by atoms with Crippen molar-refractivity contribution in [2.75, 3.05) is 0 Å². The molecule has 0 heterocycles. The molecule has 0 saturated carbocycles. The van der Waals surface area contributed by atoms with Crippen LogP contribution in [0.4, 0.5) is 0 Å². The van der Waals surface area contributed by atoms with Gasteiger partial charge < -0.3 is 0 Å². The molecular weight excluding hydrogens is 267 g/mol. The Morgan fingerprint density at radius 2 is 0.929 bits per heavy atom. The molecule has 1 radical (unpaired) electrons. The molecule has 0 N–H and O–H groups in total. The quantitative estimate of drug-likeness (QED) is 0.514. The van der Waals surface area contributed by atoms with E-state index in [1.807, 2.05) is 60.7 Å². The van der Waals surface area contributed by atoms with Gasteiger partial charge in [-0.25, -0.2) is 24.3 Å². The summed E-state index contributed by atoms with van der Waals surface area (Å²) in [6, 6.07) is 20.0. The molecule has 0 aromatic heterocycles. The molecule has 0 atom stereocenters. The van der Waals surface area contributed by atoms with Crippen LogP contribution in [0.3, 0.4) is 0 Å². The molecule has 0 nitrogen and oxygen atoms in total. The maximum atomic E-state index is 4.89. The Labute approximate surface area is 107 Å². The van der Waals surface area contributed by atoms with E-state index in [9.17, 15) is 0 Å². The second-order valence-electron chi connectivity index (χ2n) is 2.00. The third-order valence-corrected chi connectivity index (χ3v) is 1.11. The topological polar surface area (TPSA) is 0 Å². The molecule has 14 heavy (non-hydrogen) atoms. The van der Waals surface area contributed by atoms with Crippen molar-refractivity contribution in [3.63, 3.8) is 0 Å². The fourth-order valence-corrected chi connectivity index (χ4v) is 0.642. The maximum absolute atomic E-state index is 4.89. The van der Waals surface area contributed by atoms with Crippen molar-refractivity contribution in [2.24, 2.45) is 0 Å². The third-order valence-electron chi connectivity index (χ3n) is 1.11. The monoisotopic (exact) mass is 279 g/mol. The first-order valence-corrected chi connectivity index (χ1v) is 8.01. The van der Waals surface area contributed by atoms with Crippen molar-refractivity contribution in [1.29, 1.82) is 0 Å². The van der Waals surface area contributed by atoms with Gasteiger partial charge in [-0.05, 0) is 11.0 Å². The van der Waals surface area contributed by atoms with E-state index in [4.69, 9.17) is 18.6 Å². The molecule has 0 spiro atoms. The van der Waals surface area contributed by atoms with E-state index >= 15 is 0 Å². The second kappa shape index (κ2) is 15.7. The molecule has 0 unspecified atom stereocenters. The van der Waals surface area contributed by atoms with Gasteiger partial charge in [0, 0.05) is 0 Å². The van der Waals surface area contributed by atoms with Crippen LogP contribution in [0.15, 0.2) is 60.7 Å². The van der Waals surface area contributed by atoms with Crippen LogP contribution in [-0.4, -0.2) is 11.0 Å². The maximum Gasteiger partial charge on any atom is -0.0125 e. The normalized spacial score (nSPS) is 6.71. The van der Waals surface area contributed by atoms with Crippen molar-refractivity contribution in [1.82, 2.24) is 0 Å². The van der Waals surface area contributed by atoms with E-state index in [-0.39, 0.29) is 11.0 Å². The summed E-state index contributed by atoms with van der Waals surface area (Å²) in [6.07, 6.45) is 0. The van der Waals surface area contributed by atoms with E-state index in [0.29, 0.717) is 0 Å². The number of hydrogen-bond donors (Lipinski definition) is 0. The summed E-state index contributed by atoms with van der Waals surface area (Å²) in [5.74, 6) is 0.